The van der Waals surface area contributed by atoms with Gasteiger partial charge >= 0.3 is 0 Å². The molecule has 3 heterocycles. The van der Waals surface area contributed by atoms with Crippen LogP contribution in [0.4, 0.5) is 0 Å². The maximum Gasteiger partial charge on any atom is 0.226 e. The lowest BCUT2D eigenvalue weighted by Gasteiger charge is -2.38. The first-order chi connectivity index (χ1) is 11.3. The Labute approximate surface area is 138 Å². The Kier molecular flexibility index (Phi) is 4.38. The summed E-state index contributed by atoms with van der Waals surface area (Å²) in [6, 6.07) is 2.42. The minimum Gasteiger partial charge on any atom is -0.334 e. The van der Waals surface area contributed by atoms with E-state index in [1.54, 1.807) is 0 Å². The van der Waals surface area contributed by atoms with Crippen LogP contribution in [0.2, 0.25) is 0 Å². The van der Waals surface area contributed by atoms with Crippen molar-refractivity contribution in [3.8, 4) is 0 Å². The lowest BCUT2D eigenvalue weighted by atomic mass is 9.84. The van der Waals surface area contributed by atoms with E-state index in [1.807, 2.05) is 6.20 Å². The first-order valence-corrected chi connectivity index (χ1v) is 9.35. The summed E-state index contributed by atoms with van der Waals surface area (Å²) in [5, 5.41) is 4.53. The van der Waals surface area contributed by atoms with Gasteiger partial charge in [-0.25, -0.2) is 0 Å². The first-order valence-electron chi connectivity index (χ1n) is 9.35. The molecule has 1 aromatic rings. The highest BCUT2D eigenvalue weighted by Gasteiger charge is 2.34. The molecular weight excluding hydrogens is 288 g/mol. The number of carbonyl (C=O) groups is 1. The van der Waals surface area contributed by atoms with Gasteiger partial charge in [0, 0.05) is 25.2 Å². The second-order valence-electron chi connectivity index (χ2n) is 7.46. The van der Waals surface area contributed by atoms with Gasteiger partial charge in [0.25, 0.3) is 0 Å². The van der Waals surface area contributed by atoms with Crippen LogP contribution in [0.3, 0.4) is 0 Å². The van der Waals surface area contributed by atoms with Crippen molar-refractivity contribution in [3.05, 3.63) is 18.0 Å². The number of nitrogens with zero attached hydrogens (tertiary/aromatic N) is 4. The Hall–Kier alpha value is -1.36. The maximum absolute atomic E-state index is 12.6. The molecule has 3 aliphatic rings. The molecule has 23 heavy (non-hydrogen) atoms. The van der Waals surface area contributed by atoms with Crippen molar-refractivity contribution in [2.24, 2.45) is 5.92 Å². The van der Waals surface area contributed by atoms with Crippen molar-refractivity contribution in [2.75, 3.05) is 26.2 Å². The molecule has 5 nitrogen and oxygen atoms in total. The van der Waals surface area contributed by atoms with E-state index >= 15 is 0 Å². The highest BCUT2D eigenvalue weighted by molar-refractivity contribution is 5.79. The van der Waals surface area contributed by atoms with E-state index in [9.17, 15) is 4.79 Å². The first kappa shape index (κ1) is 15.2. The molecule has 0 radical (unpaired) electrons. The van der Waals surface area contributed by atoms with Gasteiger partial charge in [-0.1, -0.05) is 12.8 Å². The Morgan fingerprint density at radius 3 is 2.74 bits per heavy atom. The Morgan fingerprint density at radius 1 is 1.17 bits per heavy atom. The van der Waals surface area contributed by atoms with Gasteiger partial charge in [-0.2, -0.15) is 5.10 Å². The van der Waals surface area contributed by atoms with Crippen molar-refractivity contribution in [2.45, 2.75) is 57.5 Å². The normalized spacial score (nSPS) is 25.9. The molecule has 5 heteroatoms. The molecule has 1 amide bonds. The number of rotatable bonds is 4. The van der Waals surface area contributed by atoms with Crippen molar-refractivity contribution in [3.63, 3.8) is 0 Å². The van der Waals surface area contributed by atoms with E-state index in [2.05, 4.69) is 25.6 Å². The number of hydrogen-bond donors (Lipinski definition) is 0. The molecule has 0 bridgehead atoms. The molecular formula is C18H28N4O. The van der Waals surface area contributed by atoms with Crippen molar-refractivity contribution in [1.29, 1.82) is 0 Å². The molecule has 4 rings (SSSR count). The minimum atomic E-state index is 0.298. The van der Waals surface area contributed by atoms with Crippen molar-refractivity contribution in [1.82, 2.24) is 19.6 Å². The van der Waals surface area contributed by atoms with E-state index < -0.39 is 0 Å². The summed E-state index contributed by atoms with van der Waals surface area (Å²) in [6.45, 7) is 5.20. The van der Waals surface area contributed by atoms with Crippen molar-refractivity contribution >= 4 is 5.91 Å². The lowest BCUT2D eigenvalue weighted by molar-refractivity contribution is -0.140. The molecule has 126 valence electrons. The van der Waals surface area contributed by atoms with Crippen LogP contribution < -0.4 is 0 Å². The quantitative estimate of drug-likeness (QED) is 0.857. The highest BCUT2D eigenvalue weighted by atomic mass is 16.2. The van der Waals surface area contributed by atoms with Crippen LogP contribution in [-0.4, -0.2) is 51.7 Å². The molecule has 1 aliphatic carbocycles. The highest BCUT2D eigenvalue weighted by Crippen LogP contribution is 2.31. The number of carbonyl (C=O) groups excluding carboxylic acids is 1. The van der Waals surface area contributed by atoms with Crippen LogP contribution >= 0.6 is 0 Å². The molecule has 0 aromatic carbocycles. The Balaban J connectivity index is 1.41. The van der Waals surface area contributed by atoms with Crippen LogP contribution in [-0.2, 0) is 11.3 Å². The summed E-state index contributed by atoms with van der Waals surface area (Å²) in [6.07, 6.45) is 10.4. The predicted octanol–water partition coefficient (Wildman–Crippen LogP) is 2.44. The van der Waals surface area contributed by atoms with Crippen molar-refractivity contribution < 1.29 is 4.79 Å². The monoisotopic (exact) mass is 316 g/mol. The molecule has 1 saturated carbocycles. The zero-order valence-corrected chi connectivity index (χ0v) is 14.0. The van der Waals surface area contributed by atoms with Gasteiger partial charge < -0.3 is 9.80 Å². The number of piperidine rings is 1. The second-order valence-corrected chi connectivity index (χ2v) is 7.46. The summed E-state index contributed by atoms with van der Waals surface area (Å²) < 4.78 is 2.18. The third-order valence-electron chi connectivity index (χ3n) is 5.88. The van der Waals surface area contributed by atoms with Gasteiger partial charge in [-0.3, -0.25) is 9.48 Å². The zero-order chi connectivity index (χ0) is 15.6. The van der Waals surface area contributed by atoms with Gasteiger partial charge in [-0.05, 0) is 51.3 Å². The summed E-state index contributed by atoms with van der Waals surface area (Å²) in [4.78, 5) is 17.3. The third-order valence-corrected chi connectivity index (χ3v) is 5.88. The molecule has 1 atom stereocenters. The third kappa shape index (κ3) is 3.16. The van der Waals surface area contributed by atoms with Crippen LogP contribution in [0, 0.1) is 5.92 Å². The van der Waals surface area contributed by atoms with E-state index in [1.165, 1.54) is 44.5 Å². The maximum atomic E-state index is 12.6. The zero-order valence-electron chi connectivity index (χ0n) is 14.0. The fourth-order valence-corrected chi connectivity index (χ4v) is 4.20. The summed E-state index contributed by atoms with van der Waals surface area (Å²) >= 11 is 0. The largest absolute Gasteiger partial charge is 0.334 e. The SMILES string of the molecule is O=C(C1CCC1)N1Cc2ccnn2[C@H](CCN2CCCCC2)C1. The predicted molar refractivity (Wildman–Crippen MR) is 88.9 cm³/mol. The van der Waals surface area contributed by atoms with Gasteiger partial charge in [0.2, 0.25) is 5.91 Å². The van der Waals surface area contributed by atoms with Gasteiger partial charge in [0.15, 0.2) is 0 Å². The number of amides is 1. The van der Waals surface area contributed by atoms with E-state index in [0.29, 0.717) is 17.9 Å². The van der Waals surface area contributed by atoms with E-state index in [4.69, 9.17) is 0 Å². The number of likely N-dealkylation sites (tertiary alicyclic amines) is 1. The standard InChI is InChI=1S/C18H28N4O/c23-18(15-5-4-6-15)21-13-16-7-9-19-22(16)17(14-21)8-12-20-10-2-1-3-11-20/h7,9,15,17H,1-6,8,10-14H2/t17-/m1/s1. The smallest absolute Gasteiger partial charge is 0.226 e. The van der Waals surface area contributed by atoms with Gasteiger partial charge in [0.1, 0.15) is 0 Å². The molecule has 0 unspecified atom stereocenters. The van der Waals surface area contributed by atoms with Crippen LogP contribution in [0.5, 0.6) is 0 Å². The van der Waals surface area contributed by atoms with Crippen LogP contribution in [0.15, 0.2) is 12.3 Å². The van der Waals surface area contributed by atoms with Crippen LogP contribution in [0.25, 0.3) is 0 Å². The average molecular weight is 316 g/mol. The molecule has 2 fully saturated rings. The topological polar surface area (TPSA) is 41.4 Å². The average Bonchev–Trinajstić information content (AvgIpc) is 3.00. The molecule has 0 spiro atoms. The Morgan fingerprint density at radius 2 is 2.00 bits per heavy atom. The fourth-order valence-electron chi connectivity index (χ4n) is 4.20. The second kappa shape index (κ2) is 6.63. The number of fused-ring (bicyclic) bond motifs is 1. The van der Waals surface area contributed by atoms with Crippen LogP contribution in [0.1, 0.15) is 56.7 Å². The Bertz CT molecular complexity index is 545. The lowest BCUT2D eigenvalue weighted by Crippen LogP contribution is -2.46. The molecule has 1 saturated heterocycles. The summed E-state index contributed by atoms with van der Waals surface area (Å²) in [5.41, 5.74) is 1.20. The summed E-state index contributed by atoms with van der Waals surface area (Å²) in [7, 11) is 0. The fraction of sp³-hybridized carbons (Fsp3) is 0.778. The number of aromatic nitrogens is 2. The molecule has 2 aliphatic heterocycles. The van der Waals surface area contributed by atoms with E-state index in [0.717, 1.165) is 38.9 Å². The number of hydrogen-bond acceptors (Lipinski definition) is 3. The summed E-state index contributed by atoms with van der Waals surface area (Å²) in [5.74, 6) is 0.680. The minimum absolute atomic E-state index is 0.298. The molecule has 1 aromatic heterocycles. The van der Waals surface area contributed by atoms with E-state index in [-0.39, 0.29) is 0 Å². The van der Waals surface area contributed by atoms with Gasteiger partial charge in [-0.15, -0.1) is 0 Å². The van der Waals surface area contributed by atoms with Gasteiger partial charge in [0.05, 0.1) is 18.3 Å². The molecule has 0 N–H and O–H groups in total.